The van der Waals surface area contributed by atoms with Crippen molar-refractivity contribution in [3.05, 3.63) is 140 Å². The molecule has 0 unspecified atom stereocenters. The Bertz CT molecular complexity index is 2180. The molecule has 2 aliphatic heterocycles. The maximum absolute atomic E-state index is 6.51. The molecule has 0 bridgehead atoms. The van der Waals surface area contributed by atoms with E-state index in [1.165, 1.54) is 59.6 Å². The van der Waals surface area contributed by atoms with E-state index in [4.69, 9.17) is 4.74 Å². The number of para-hydroxylation sites is 5. The molecule has 0 saturated carbocycles. The summed E-state index contributed by atoms with van der Waals surface area (Å²) in [6.45, 7) is -0.0546. The minimum atomic E-state index is -1.33. The van der Waals surface area contributed by atoms with Crippen molar-refractivity contribution in [3.8, 4) is 17.2 Å². The van der Waals surface area contributed by atoms with Crippen LogP contribution in [0.2, 0.25) is 0 Å². The molecule has 5 heteroatoms. The van der Waals surface area contributed by atoms with Crippen LogP contribution in [0.25, 0.3) is 27.5 Å². The molecule has 9 rings (SSSR count). The van der Waals surface area contributed by atoms with Crippen LogP contribution in [0, 0.1) is 0 Å². The highest BCUT2D eigenvalue weighted by Gasteiger charge is 2.44. The normalized spacial score (nSPS) is 15.3. The summed E-state index contributed by atoms with van der Waals surface area (Å²) in [4.78, 5) is 5.46. The Morgan fingerprint density at radius 2 is 1.19 bits per heavy atom. The Balaban J connectivity index is 1.46. The second kappa shape index (κ2) is 9.07. The van der Waals surface area contributed by atoms with Gasteiger partial charge in [0.2, 0.25) is 0 Å². The third-order valence-corrected chi connectivity index (χ3v) is 12.0. The maximum atomic E-state index is 6.51. The summed E-state index contributed by atoms with van der Waals surface area (Å²) < 4.78 is 8.94. The fourth-order valence-electron chi connectivity index (χ4n) is 7.29. The smallest absolute Gasteiger partial charge is 0.335 e. The summed E-state index contributed by atoms with van der Waals surface area (Å²) in [5.41, 5.74) is 8.55. The molecule has 7 aromatic rings. The van der Waals surface area contributed by atoms with Crippen LogP contribution in [0.3, 0.4) is 0 Å². The summed E-state index contributed by atoms with van der Waals surface area (Å²) >= 11 is 0. The van der Waals surface area contributed by atoms with Crippen molar-refractivity contribution in [1.82, 2.24) is 4.57 Å². The lowest BCUT2D eigenvalue weighted by Crippen LogP contribution is -2.58. The molecule has 0 fully saturated rings. The Kier molecular flexibility index (Phi) is 5.21. The number of hydrogen-bond acceptors (Lipinski definition) is 2. The Hall–Kier alpha value is -4.87. The van der Waals surface area contributed by atoms with E-state index in [-0.39, 0.29) is 6.85 Å². The van der Waals surface area contributed by atoms with Gasteiger partial charge in [-0.2, -0.15) is 10.0 Å². The van der Waals surface area contributed by atoms with E-state index in [0.29, 0.717) is 0 Å². The second-order valence-electron chi connectivity index (χ2n) is 11.7. The monoisotopic (exact) mass is 572 g/mol. The Morgan fingerprint density at radius 1 is 0.558 bits per heavy atom. The van der Waals surface area contributed by atoms with Crippen molar-refractivity contribution in [2.24, 2.45) is 0 Å². The van der Waals surface area contributed by atoms with Gasteiger partial charge in [0, 0.05) is 31.9 Å². The first-order chi connectivity index (χ1) is 21.1. The largest absolute Gasteiger partial charge is 0.458 e. The van der Waals surface area contributed by atoms with Gasteiger partial charge in [-0.25, -0.2) is 0 Å². The van der Waals surface area contributed by atoms with Gasteiger partial charge >= 0.3 is 6.85 Å². The van der Waals surface area contributed by atoms with E-state index in [9.17, 15) is 0 Å². The zero-order chi connectivity index (χ0) is 28.7. The average molecular weight is 573 g/mol. The van der Waals surface area contributed by atoms with Crippen LogP contribution in [0.4, 0.5) is 11.4 Å². The summed E-state index contributed by atoms with van der Waals surface area (Å²) in [6, 6.07) is 50.5. The summed E-state index contributed by atoms with van der Waals surface area (Å²) in [6.07, 6.45) is 4.91. The number of aromatic nitrogens is 1. The van der Waals surface area contributed by atoms with Crippen LogP contribution in [0.5, 0.6) is 11.5 Å². The molecular weight excluding hydrogens is 543 g/mol. The molecule has 0 aliphatic carbocycles. The Morgan fingerprint density at radius 3 is 1.95 bits per heavy atom. The van der Waals surface area contributed by atoms with Crippen LogP contribution < -0.4 is 20.5 Å². The van der Waals surface area contributed by atoms with Gasteiger partial charge in [0.1, 0.15) is 11.5 Å². The van der Waals surface area contributed by atoms with Crippen molar-refractivity contribution in [2.45, 2.75) is 9.79 Å². The lowest BCUT2D eigenvalue weighted by molar-refractivity contribution is 0.487. The van der Waals surface area contributed by atoms with E-state index in [1.54, 1.807) is 0 Å². The first-order valence-corrected chi connectivity index (χ1v) is 17.2. The van der Waals surface area contributed by atoms with Crippen LogP contribution in [0.1, 0.15) is 0 Å². The minimum absolute atomic E-state index is 0.0546. The molecule has 2 aliphatic rings. The highest BCUT2D eigenvalue weighted by atomic mass is 32.3. The summed E-state index contributed by atoms with van der Waals surface area (Å²) in [5, 5.41) is 2.57. The average Bonchev–Trinajstić information content (AvgIpc) is 3.39. The number of hydrogen-bond donors (Lipinski definition) is 0. The van der Waals surface area contributed by atoms with Crippen molar-refractivity contribution in [3.63, 3.8) is 0 Å². The molecule has 0 N–H and O–H groups in total. The van der Waals surface area contributed by atoms with Gasteiger partial charge in [-0.1, -0.05) is 84.9 Å². The predicted octanol–water partition coefficient (Wildman–Crippen LogP) is 8.63. The molecule has 43 heavy (non-hydrogen) atoms. The van der Waals surface area contributed by atoms with Gasteiger partial charge in [-0.3, -0.25) is 0 Å². The molecule has 1 aromatic heterocycles. The molecule has 3 nitrogen and oxygen atoms in total. The van der Waals surface area contributed by atoms with E-state index in [1.807, 2.05) is 0 Å². The van der Waals surface area contributed by atoms with E-state index >= 15 is 0 Å². The van der Waals surface area contributed by atoms with Crippen LogP contribution in [-0.4, -0.2) is 23.9 Å². The Labute approximate surface area is 253 Å². The topological polar surface area (TPSA) is 17.4 Å². The molecule has 0 radical (unpaired) electrons. The zero-order valence-electron chi connectivity index (χ0n) is 24.1. The van der Waals surface area contributed by atoms with Gasteiger partial charge in [-0.15, -0.1) is 0 Å². The quantitative estimate of drug-likeness (QED) is 0.193. The number of anilines is 2. The van der Waals surface area contributed by atoms with Crippen LogP contribution >= 0.6 is 10.0 Å². The third kappa shape index (κ3) is 3.40. The molecule has 0 atom stereocenters. The van der Waals surface area contributed by atoms with Crippen molar-refractivity contribution >= 4 is 61.0 Å². The fraction of sp³-hybridized carbons (Fsp3) is 0.0526. The summed E-state index contributed by atoms with van der Waals surface area (Å²) in [5.74, 6) is 1.84. The number of ether oxygens (including phenoxy) is 1. The number of benzene rings is 6. The SMILES string of the molecule is CS1(C)c2ccccc2N(B2c3ccccc3Oc3ccccc32)c2c1ccc1c2c2ccccc2n1-c1ccccc1. The molecule has 3 heterocycles. The van der Waals surface area contributed by atoms with Gasteiger partial charge in [0.05, 0.1) is 16.7 Å². The summed E-state index contributed by atoms with van der Waals surface area (Å²) in [7, 11) is -1.33. The van der Waals surface area contributed by atoms with Gasteiger partial charge in [0.25, 0.3) is 0 Å². The number of rotatable bonds is 2. The van der Waals surface area contributed by atoms with E-state index in [2.05, 4.69) is 161 Å². The molecule has 0 spiro atoms. The minimum Gasteiger partial charge on any atom is -0.458 e. The van der Waals surface area contributed by atoms with Crippen molar-refractivity contribution in [2.75, 3.05) is 17.3 Å². The predicted molar refractivity (Wildman–Crippen MR) is 183 cm³/mol. The van der Waals surface area contributed by atoms with Crippen LogP contribution in [-0.2, 0) is 0 Å². The molecular formula is C38H29BN2OS. The maximum Gasteiger partial charge on any atom is 0.335 e. The number of fused-ring (bicyclic) bond motifs is 8. The standard InChI is InChI=1S/C38H29BN2OS/c1-43(2)35-23-13-10-20-31(35)41(39-28-17-7-11-21-33(28)42-34-22-12-8-18-29(34)39)38-36(43)25-24-32-37(38)27-16-6-9-19-30(27)40(32)26-14-4-3-5-15-26/h3-25H,1-2H3. The van der Waals surface area contributed by atoms with E-state index in [0.717, 1.165) is 11.5 Å². The highest BCUT2D eigenvalue weighted by Crippen LogP contribution is 2.68. The lowest BCUT2D eigenvalue weighted by Gasteiger charge is -2.48. The number of nitrogens with zero attached hydrogens (tertiary/aromatic N) is 2. The van der Waals surface area contributed by atoms with Crippen molar-refractivity contribution in [1.29, 1.82) is 0 Å². The second-order valence-corrected chi connectivity index (χ2v) is 15.3. The lowest BCUT2D eigenvalue weighted by atomic mass is 9.47. The molecule has 0 amide bonds. The van der Waals surface area contributed by atoms with Crippen molar-refractivity contribution < 1.29 is 4.74 Å². The van der Waals surface area contributed by atoms with Gasteiger partial charge in [0.15, 0.2) is 0 Å². The highest BCUT2D eigenvalue weighted by molar-refractivity contribution is 8.33. The van der Waals surface area contributed by atoms with Gasteiger partial charge in [-0.05, 0) is 78.0 Å². The molecule has 6 aromatic carbocycles. The third-order valence-electron chi connectivity index (χ3n) is 9.16. The van der Waals surface area contributed by atoms with E-state index < -0.39 is 10.0 Å². The molecule has 206 valence electrons. The first-order valence-electron chi connectivity index (χ1n) is 14.7. The van der Waals surface area contributed by atoms with Crippen LogP contribution in [0.15, 0.2) is 149 Å². The van der Waals surface area contributed by atoms with Gasteiger partial charge < -0.3 is 14.1 Å². The zero-order valence-corrected chi connectivity index (χ0v) is 24.9. The molecule has 0 saturated heterocycles. The fourth-order valence-corrected chi connectivity index (χ4v) is 9.72. The first kappa shape index (κ1) is 24.7.